The molecule has 0 heterocycles. The Morgan fingerprint density at radius 3 is 1.37 bits per heavy atom. The van der Waals surface area contributed by atoms with Crippen molar-refractivity contribution in [1.82, 2.24) is 0 Å². The normalized spacial score (nSPS) is 12.1. The maximum atomic E-state index is 2.47. The van der Waals surface area contributed by atoms with Crippen LogP contribution in [0.1, 0.15) is 0 Å². The number of hydrogen-bond acceptors (Lipinski definition) is 1. The molecule has 272 valence electrons. The second-order valence-corrected chi connectivity index (χ2v) is 16.0. The zero-order valence-electron chi connectivity index (χ0n) is 32.2. The molecule has 0 amide bonds. The van der Waals surface area contributed by atoms with Crippen LogP contribution in [0, 0.1) is 0 Å². The lowest BCUT2D eigenvalue weighted by Crippen LogP contribution is -2.10. The Bertz CT molecular complexity index is 3830. The van der Waals surface area contributed by atoms with Gasteiger partial charge in [0, 0.05) is 16.8 Å². The van der Waals surface area contributed by atoms with E-state index in [4.69, 9.17) is 0 Å². The molecule has 0 aromatic heterocycles. The Morgan fingerprint density at radius 2 is 0.678 bits per heavy atom. The van der Waals surface area contributed by atoms with Crippen LogP contribution in [0.3, 0.4) is 0 Å². The predicted octanol–water partition coefficient (Wildman–Crippen LogP) is 16.6. The topological polar surface area (TPSA) is 3.24 Å². The molecule has 0 spiro atoms. The van der Waals surface area contributed by atoms with Crippen LogP contribution in [0.2, 0.25) is 0 Å². The van der Waals surface area contributed by atoms with Gasteiger partial charge in [-0.3, -0.25) is 0 Å². The zero-order chi connectivity index (χ0) is 38.6. The summed E-state index contributed by atoms with van der Waals surface area (Å²) < 4.78 is 0. The average Bonchev–Trinajstić information content (AvgIpc) is 3.30. The van der Waals surface area contributed by atoms with E-state index in [2.05, 4.69) is 217 Å². The molecule has 0 aliphatic carbocycles. The van der Waals surface area contributed by atoms with Gasteiger partial charge < -0.3 is 4.90 Å². The summed E-state index contributed by atoms with van der Waals surface area (Å²) in [6.45, 7) is 0. The van der Waals surface area contributed by atoms with Crippen molar-refractivity contribution >= 4 is 114 Å². The van der Waals surface area contributed by atoms with Crippen molar-refractivity contribution in [2.45, 2.75) is 0 Å². The molecule has 0 aliphatic heterocycles. The van der Waals surface area contributed by atoms with Crippen molar-refractivity contribution in [2.75, 3.05) is 4.90 Å². The van der Waals surface area contributed by atoms with E-state index in [1.807, 2.05) is 0 Å². The minimum absolute atomic E-state index is 1.11. The summed E-state index contributed by atoms with van der Waals surface area (Å²) in [6.07, 6.45) is 0. The second kappa shape index (κ2) is 12.4. The van der Waals surface area contributed by atoms with Crippen molar-refractivity contribution in [3.63, 3.8) is 0 Å². The molecule has 59 heavy (non-hydrogen) atoms. The minimum Gasteiger partial charge on any atom is -0.310 e. The number of hydrogen-bond donors (Lipinski definition) is 0. The Hall–Kier alpha value is -7.74. The van der Waals surface area contributed by atoms with Gasteiger partial charge in [0.25, 0.3) is 0 Å². The van der Waals surface area contributed by atoms with Crippen LogP contribution in [0.25, 0.3) is 108 Å². The van der Waals surface area contributed by atoms with Gasteiger partial charge in [0.05, 0.1) is 5.69 Å². The molecule has 0 fully saturated rings. The first kappa shape index (κ1) is 32.4. The average molecular weight is 746 g/mol. The SMILES string of the molecule is c1ccc2c(N(c3ccc(-c4ccc5c(ccc6ccccc65)c4)cc3)c3cc4ccc5cccc6c7cccc8ccc9cccc(c(c3)c4c56)c9c87)cccc2c1. The van der Waals surface area contributed by atoms with E-state index in [1.165, 1.54) is 108 Å². The molecule has 0 saturated heterocycles. The van der Waals surface area contributed by atoms with Gasteiger partial charge in [0.2, 0.25) is 0 Å². The van der Waals surface area contributed by atoms with E-state index in [-0.39, 0.29) is 0 Å². The lowest BCUT2D eigenvalue weighted by Gasteiger charge is -2.28. The molecule has 1 nitrogen and oxygen atoms in total. The number of benzene rings is 12. The highest BCUT2D eigenvalue weighted by molar-refractivity contribution is 6.37. The van der Waals surface area contributed by atoms with Crippen LogP contribution in [0.5, 0.6) is 0 Å². The Balaban J connectivity index is 1.09. The summed E-state index contributed by atoms with van der Waals surface area (Å²) >= 11 is 0. The number of nitrogens with zero attached hydrogens (tertiary/aromatic N) is 1. The van der Waals surface area contributed by atoms with E-state index in [0.717, 1.165) is 17.1 Å². The standard InChI is InChI=1S/C58H35N/c1-3-15-47-38(10-1)21-25-43-33-42(29-32-48(43)47)36-27-30-45(31-28-36)59(54-20-8-11-37-9-2-4-16-49(37)54)46-34-44-26-24-41-13-6-18-51-50-17-5-12-39-22-23-40-14-7-19-52(57(40)55(39)50)53(35-46)58(44)56(41)51/h1-35H. The largest absolute Gasteiger partial charge is 0.310 e. The van der Waals surface area contributed by atoms with Gasteiger partial charge in [0.1, 0.15) is 0 Å². The van der Waals surface area contributed by atoms with Crippen molar-refractivity contribution < 1.29 is 0 Å². The fraction of sp³-hybridized carbons (Fsp3) is 0. The molecule has 0 atom stereocenters. The smallest absolute Gasteiger partial charge is 0.0540 e. The van der Waals surface area contributed by atoms with Crippen LogP contribution in [-0.4, -0.2) is 0 Å². The monoisotopic (exact) mass is 745 g/mol. The number of anilines is 3. The Morgan fingerprint density at radius 1 is 0.220 bits per heavy atom. The van der Waals surface area contributed by atoms with E-state index >= 15 is 0 Å². The lowest BCUT2D eigenvalue weighted by atomic mass is 9.87. The summed E-state index contributed by atoms with van der Waals surface area (Å²) in [5.74, 6) is 0. The second-order valence-electron chi connectivity index (χ2n) is 16.0. The van der Waals surface area contributed by atoms with Gasteiger partial charge in [0.15, 0.2) is 0 Å². The third kappa shape index (κ3) is 4.79. The molecule has 13 aromatic rings. The summed E-state index contributed by atoms with van der Waals surface area (Å²) in [6, 6.07) is 79.1. The van der Waals surface area contributed by atoms with Gasteiger partial charge in [-0.2, -0.15) is 0 Å². The van der Waals surface area contributed by atoms with Gasteiger partial charge in [-0.15, -0.1) is 0 Å². The van der Waals surface area contributed by atoms with E-state index in [0.29, 0.717) is 0 Å². The fourth-order valence-electron chi connectivity index (χ4n) is 10.2. The van der Waals surface area contributed by atoms with Crippen LogP contribution in [0.15, 0.2) is 212 Å². The zero-order valence-corrected chi connectivity index (χ0v) is 32.2. The van der Waals surface area contributed by atoms with Gasteiger partial charge in [-0.05, 0) is 139 Å². The highest BCUT2D eigenvalue weighted by Gasteiger charge is 2.20. The fourth-order valence-corrected chi connectivity index (χ4v) is 10.2. The quantitative estimate of drug-likeness (QED) is 0.162. The van der Waals surface area contributed by atoms with Crippen molar-refractivity contribution in [3.05, 3.63) is 212 Å². The highest BCUT2D eigenvalue weighted by Crippen LogP contribution is 2.47. The predicted molar refractivity (Wildman–Crippen MR) is 255 cm³/mol. The van der Waals surface area contributed by atoms with E-state index in [9.17, 15) is 0 Å². The number of fused-ring (bicyclic) bond motifs is 6. The van der Waals surface area contributed by atoms with Gasteiger partial charge >= 0.3 is 0 Å². The summed E-state index contributed by atoms with van der Waals surface area (Å²) in [5, 5.41) is 22.9. The van der Waals surface area contributed by atoms with Gasteiger partial charge in [-0.1, -0.05) is 176 Å². The molecule has 0 bridgehead atoms. The first-order chi connectivity index (χ1) is 29.2. The number of rotatable bonds is 4. The summed E-state index contributed by atoms with van der Waals surface area (Å²) in [5.41, 5.74) is 5.80. The van der Waals surface area contributed by atoms with Crippen LogP contribution >= 0.6 is 0 Å². The molecule has 0 aliphatic rings. The third-order valence-corrected chi connectivity index (χ3v) is 12.9. The molecule has 0 saturated carbocycles. The molecule has 13 rings (SSSR count). The minimum atomic E-state index is 1.11. The summed E-state index contributed by atoms with van der Waals surface area (Å²) in [4.78, 5) is 2.47. The van der Waals surface area contributed by atoms with E-state index < -0.39 is 0 Å². The molecule has 0 N–H and O–H groups in total. The molecular formula is C58H35N. The van der Waals surface area contributed by atoms with Gasteiger partial charge in [-0.25, -0.2) is 0 Å². The first-order valence-corrected chi connectivity index (χ1v) is 20.5. The first-order valence-electron chi connectivity index (χ1n) is 20.5. The van der Waals surface area contributed by atoms with Crippen LogP contribution in [0.4, 0.5) is 17.1 Å². The highest BCUT2D eigenvalue weighted by atomic mass is 15.1. The molecule has 0 radical (unpaired) electrons. The maximum Gasteiger partial charge on any atom is 0.0540 e. The maximum absolute atomic E-state index is 2.47. The molecule has 1 heteroatoms. The summed E-state index contributed by atoms with van der Waals surface area (Å²) in [7, 11) is 0. The lowest BCUT2D eigenvalue weighted by molar-refractivity contribution is 1.31. The van der Waals surface area contributed by atoms with Crippen molar-refractivity contribution in [2.24, 2.45) is 0 Å². The van der Waals surface area contributed by atoms with Crippen LogP contribution < -0.4 is 4.90 Å². The Kier molecular flexibility index (Phi) is 6.79. The van der Waals surface area contributed by atoms with E-state index in [1.54, 1.807) is 0 Å². The Labute approximate surface area is 340 Å². The molecule has 13 aromatic carbocycles. The van der Waals surface area contributed by atoms with Crippen molar-refractivity contribution in [3.8, 4) is 11.1 Å². The molecular weight excluding hydrogens is 711 g/mol. The van der Waals surface area contributed by atoms with Crippen molar-refractivity contribution in [1.29, 1.82) is 0 Å². The third-order valence-electron chi connectivity index (χ3n) is 12.9. The van der Waals surface area contributed by atoms with Crippen LogP contribution in [-0.2, 0) is 0 Å². The molecule has 0 unspecified atom stereocenters.